The van der Waals surface area contributed by atoms with Gasteiger partial charge in [0.2, 0.25) is 5.91 Å². The summed E-state index contributed by atoms with van der Waals surface area (Å²) in [5.41, 5.74) is 1.70. The SMILES string of the molecule is O=C(CCN1C(=O)/C(=C/c2ccc(-c3ccccc3)cc2)SC1=S)Nc1ccccc1C(F)(F)F. The molecule has 0 atom stereocenters. The number of carbonyl (C=O) groups excluding carboxylic acids is 2. The number of amides is 2. The number of hydrogen-bond acceptors (Lipinski definition) is 4. The number of nitrogens with zero attached hydrogens (tertiary/aromatic N) is 1. The first-order chi connectivity index (χ1) is 16.7. The summed E-state index contributed by atoms with van der Waals surface area (Å²) in [4.78, 5) is 26.8. The molecule has 0 unspecified atom stereocenters. The van der Waals surface area contributed by atoms with Crippen LogP contribution in [0, 0.1) is 0 Å². The summed E-state index contributed by atoms with van der Waals surface area (Å²) in [5.74, 6) is -0.980. The van der Waals surface area contributed by atoms with Crippen molar-refractivity contribution in [3.8, 4) is 11.1 Å². The first kappa shape index (κ1) is 24.7. The molecule has 178 valence electrons. The molecule has 4 rings (SSSR count). The molecule has 1 saturated heterocycles. The number of thioether (sulfide) groups is 1. The molecular weight excluding hydrogens is 493 g/mol. The predicted molar refractivity (Wildman–Crippen MR) is 136 cm³/mol. The molecule has 2 amide bonds. The van der Waals surface area contributed by atoms with Gasteiger partial charge in [0, 0.05) is 13.0 Å². The maximum Gasteiger partial charge on any atom is 0.418 e. The van der Waals surface area contributed by atoms with E-state index in [0.29, 0.717) is 9.23 Å². The Labute approximate surface area is 209 Å². The lowest BCUT2D eigenvalue weighted by molar-refractivity contribution is -0.137. The van der Waals surface area contributed by atoms with Crippen molar-refractivity contribution in [2.45, 2.75) is 12.6 Å². The zero-order valence-electron chi connectivity index (χ0n) is 18.2. The Morgan fingerprint density at radius 3 is 2.26 bits per heavy atom. The minimum absolute atomic E-state index is 0.0328. The van der Waals surface area contributed by atoms with E-state index in [9.17, 15) is 22.8 Å². The van der Waals surface area contributed by atoms with Gasteiger partial charge < -0.3 is 5.32 Å². The molecule has 0 aromatic heterocycles. The van der Waals surface area contributed by atoms with Crippen molar-refractivity contribution in [1.29, 1.82) is 0 Å². The van der Waals surface area contributed by atoms with Crippen molar-refractivity contribution in [2.24, 2.45) is 0 Å². The largest absolute Gasteiger partial charge is 0.418 e. The number of nitrogens with one attached hydrogen (secondary N) is 1. The molecule has 0 aliphatic carbocycles. The summed E-state index contributed by atoms with van der Waals surface area (Å²) in [5, 5.41) is 2.28. The number of hydrogen-bond donors (Lipinski definition) is 1. The molecular formula is C26H19F3N2O2S2. The number of halogens is 3. The normalized spacial score (nSPS) is 15.1. The van der Waals surface area contributed by atoms with Gasteiger partial charge in [0.05, 0.1) is 16.2 Å². The highest BCUT2D eigenvalue weighted by atomic mass is 32.2. The second-order valence-electron chi connectivity index (χ2n) is 7.66. The van der Waals surface area contributed by atoms with Crippen LogP contribution in [-0.2, 0) is 15.8 Å². The zero-order chi connectivity index (χ0) is 25.0. The van der Waals surface area contributed by atoms with Crippen LogP contribution < -0.4 is 5.32 Å². The summed E-state index contributed by atoms with van der Waals surface area (Å²) in [6.45, 7) is -0.0328. The molecule has 1 aliphatic heterocycles. The first-order valence-corrected chi connectivity index (χ1v) is 11.8. The highest BCUT2D eigenvalue weighted by molar-refractivity contribution is 8.26. The molecule has 0 bridgehead atoms. The van der Waals surface area contributed by atoms with Gasteiger partial charge in [0.25, 0.3) is 5.91 Å². The third-order valence-electron chi connectivity index (χ3n) is 5.26. The molecule has 35 heavy (non-hydrogen) atoms. The number of carbonyl (C=O) groups is 2. The van der Waals surface area contributed by atoms with Crippen molar-refractivity contribution in [3.05, 3.63) is 94.9 Å². The Morgan fingerprint density at radius 1 is 0.943 bits per heavy atom. The highest BCUT2D eigenvalue weighted by Crippen LogP contribution is 2.35. The second-order valence-corrected chi connectivity index (χ2v) is 9.34. The third-order valence-corrected chi connectivity index (χ3v) is 6.64. The van der Waals surface area contributed by atoms with Crippen LogP contribution in [0.15, 0.2) is 83.8 Å². The molecule has 0 radical (unpaired) electrons. The number of alkyl halides is 3. The Kier molecular flexibility index (Phi) is 7.37. The maximum atomic E-state index is 13.1. The van der Waals surface area contributed by atoms with Gasteiger partial charge in [-0.3, -0.25) is 14.5 Å². The summed E-state index contributed by atoms with van der Waals surface area (Å²) >= 11 is 6.42. The van der Waals surface area contributed by atoms with E-state index in [0.717, 1.165) is 34.5 Å². The van der Waals surface area contributed by atoms with E-state index in [1.165, 1.54) is 23.1 Å². The van der Waals surface area contributed by atoms with Crippen molar-refractivity contribution < 1.29 is 22.8 Å². The molecule has 0 spiro atoms. The van der Waals surface area contributed by atoms with Gasteiger partial charge in [-0.05, 0) is 34.9 Å². The molecule has 1 aliphatic rings. The van der Waals surface area contributed by atoms with Gasteiger partial charge in [-0.25, -0.2) is 0 Å². The number of anilines is 1. The number of para-hydroxylation sites is 1. The fraction of sp³-hybridized carbons (Fsp3) is 0.115. The topological polar surface area (TPSA) is 49.4 Å². The predicted octanol–water partition coefficient (Wildman–Crippen LogP) is 6.60. The Hall–Kier alpha value is -3.43. The monoisotopic (exact) mass is 512 g/mol. The fourth-order valence-corrected chi connectivity index (χ4v) is 4.82. The van der Waals surface area contributed by atoms with Gasteiger partial charge in [-0.1, -0.05) is 90.7 Å². The van der Waals surface area contributed by atoms with Crippen LogP contribution in [0.5, 0.6) is 0 Å². The van der Waals surface area contributed by atoms with Gasteiger partial charge in [0.1, 0.15) is 4.32 Å². The average molecular weight is 513 g/mol. The summed E-state index contributed by atoms with van der Waals surface area (Å²) < 4.78 is 39.7. The van der Waals surface area contributed by atoms with E-state index in [4.69, 9.17) is 12.2 Å². The summed E-state index contributed by atoms with van der Waals surface area (Å²) in [6.07, 6.45) is -3.06. The zero-order valence-corrected chi connectivity index (χ0v) is 19.8. The molecule has 9 heteroatoms. The van der Waals surface area contributed by atoms with Gasteiger partial charge in [0.15, 0.2) is 0 Å². The molecule has 3 aromatic carbocycles. The highest BCUT2D eigenvalue weighted by Gasteiger charge is 2.34. The minimum atomic E-state index is -4.59. The molecule has 1 heterocycles. The lowest BCUT2D eigenvalue weighted by atomic mass is 10.0. The van der Waals surface area contributed by atoms with Crippen LogP contribution in [-0.4, -0.2) is 27.6 Å². The molecule has 1 fully saturated rings. The lowest BCUT2D eigenvalue weighted by Gasteiger charge is -2.16. The van der Waals surface area contributed by atoms with Crippen LogP contribution in [0.4, 0.5) is 18.9 Å². The van der Waals surface area contributed by atoms with Crippen molar-refractivity contribution >= 4 is 51.9 Å². The quantitative estimate of drug-likeness (QED) is 0.299. The van der Waals surface area contributed by atoms with Gasteiger partial charge >= 0.3 is 6.18 Å². The fourth-order valence-electron chi connectivity index (χ4n) is 3.51. The number of rotatable bonds is 6. The van der Waals surface area contributed by atoms with Crippen molar-refractivity contribution in [1.82, 2.24) is 4.90 Å². The molecule has 1 N–H and O–H groups in total. The van der Waals surface area contributed by atoms with Gasteiger partial charge in [-0.15, -0.1) is 0 Å². The van der Waals surface area contributed by atoms with Crippen LogP contribution in [0.3, 0.4) is 0 Å². The van der Waals surface area contributed by atoms with E-state index in [1.54, 1.807) is 6.08 Å². The standard InChI is InChI=1S/C26H19F3N2O2S2/c27-26(28,29)20-8-4-5-9-21(20)30-23(32)14-15-31-24(33)22(35-25(31)34)16-17-10-12-19(13-11-17)18-6-2-1-3-7-18/h1-13,16H,14-15H2,(H,30,32)/b22-16-. The minimum Gasteiger partial charge on any atom is -0.325 e. The second kappa shape index (κ2) is 10.5. The van der Waals surface area contributed by atoms with E-state index >= 15 is 0 Å². The van der Waals surface area contributed by atoms with Crippen LogP contribution in [0.1, 0.15) is 17.5 Å². The van der Waals surface area contributed by atoms with Crippen molar-refractivity contribution in [3.63, 3.8) is 0 Å². The Morgan fingerprint density at radius 2 is 1.57 bits per heavy atom. The molecule has 4 nitrogen and oxygen atoms in total. The molecule has 0 saturated carbocycles. The van der Waals surface area contributed by atoms with Crippen molar-refractivity contribution in [2.75, 3.05) is 11.9 Å². The summed E-state index contributed by atoms with van der Waals surface area (Å²) in [7, 11) is 0. The average Bonchev–Trinajstić information content (AvgIpc) is 3.10. The summed E-state index contributed by atoms with van der Waals surface area (Å²) in [6, 6.07) is 22.4. The number of thiocarbonyl (C=S) groups is 1. The molecule has 3 aromatic rings. The van der Waals surface area contributed by atoms with E-state index in [-0.39, 0.29) is 24.6 Å². The Balaban J connectivity index is 1.39. The van der Waals surface area contributed by atoms with Gasteiger partial charge in [-0.2, -0.15) is 13.2 Å². The number of benzene rings is 3. The van der Waals surface area contributed by atoms with E-state index < -0.39 is 17.6 Å². The van der Waals surface area contributed by atoms with Crippen LogP contribution >= 0.6 is 24.0 Å². The Bertz CT molecular complexity index is 1290. The maximum absolute atomic E-state index is 13.1. The van der Waals surface area contributed by atoms with Crippen LogP contribution in [0.2, 0.25) is 0 Å². The third kappa shape index (κ3) is 5.98. The first-order valence-electron chi connectivity index (χ1n) is 10.6. The van der Waals surface area contributed by atoms with E-state index in [2.05, 4.69) is 5.32 Å². The van der Waals surface area contributed by atoms with E-state index in [1.807, 2.05) is 54.6 Å². The smallest absolute Gasteiger partial charge is 0.325 e. The lowest BCUT2D eigenvalue weighted by Crippen LogP contribution is -2.31. The van der Waals surface area contributed by atoms with Crippen LogP contribution in [0.25, 0.3) is 17.2 Å².